The Kier molecular flexibility index (Phi) is 11.1. The first kappa shape index (κ1) is 32.8. The number of carbonyl (C=O) groups excluding carboxylic acids is 2. The quantitative estimate of drug-likeness (QED) is 0.295. The van der Waals surface area contributed by atoms with Gasteiger partial charge in [0, 0.05) is 48.9 Å². The predicted molar refractivity (Wildman–Crippen MR) is 155 cm³/mol. The van der Waals surface area contributed by atoms with Gasteiger partial charge in [-0.15, -0.1) is 11.3 Å². The van der Waals surface area contributed by atoms with Crippen LogP contribution in [0.15, 0.2) is 11.0 Å². The van der Waals surface area contributed by atoms with Gasteiger partial charge in [0.15, 0.2) is 0 Å². The van der Waals surface area contributed by atoms with Crippen molar-refractivity contribution in [2.24, 2.45) is 17.3 Å². The molecular weight excluding hydrogens is 532 g/mol. The molecule has 8 atom stereocenters. The zero-order valence-electron chi connectivity index (χ0n) is 24.8. The number of rotatable bonds is 6. The van der Waals surface area contributed by atoms with Crippen molar-refractivity contribution in [3.8, 4) is 0 Å². The van der Waals surface area contributed by atoms with Crippen LogP contribution in [0.2, 0.25) is 0 Å². The molecule has 2 aliphatic heterocycles. The van der Waals surface area contributed by atoms with Crippen LogP contribution in [-0.4, -0.2) is 91.7 Å². The van der Waals surface area contributed by atoms with Gasteiger partial charge in [-0.05, 0) is 44.3 Å². The highest BCUT2D eigenvalue weighted by molar-refractivity contribution is 7.09. The summed E-state index contributed by atoms with van der Waals surface area (Å²) < 4.78 is 5.99. The third-order valence-corrected chi connectivity index (χ3v) is 10.1. The molecule has 9 nitrogen and oxygen atoms in total. The lowest BCUT2D eigenvalue weighted by molar-refractivity contribution is -0.154. The lowest BCUT2D eigenvalue weighted by Gasteiger charge is -2.34. The van der Waals surface area contributed by atoms with Crippen molar-refractivity contribution in [2.75, 3.05) is 19.8 Å². The van der Waals surface area contributed by atoms with E-state index in [4.69, 9.17) is 4.74 Å². The number of hydrogen-bond acceptors (Lipinski definition) is 10. The summed E-state index contributed by atoms with van der Waals surface area (Å²) in [6.07, 6.45) is 2.27. The SMILES string of the molecule is C/C(=C\c1csc(CCO)n1)[C@@H]1C[C@@H]2N(CCO)[C@]2(C)CCC[C@H](C)[C@H](O)[C@@H](C)C(=O)C(C)(C)[C@@H](O)CC(=O)O1. The summed E-state index contributed by atoms with van der Waals surface area (Å²) in [6.45, 7) is 11.5. The van der Waals surface area contributed by atoms with Crippen molar-refractivity contribution in [1.29, 1.82) is 0 Å². The van der Waals surface area contributed by atoms with Crippen LogP contribution in [0.3, 0.4) is 0 Å². The average Bonchev–Trinajstić information content (AvgIpc) is 3.19. The molecule has 0 spiro atoms. The van der Waals surface area contributed by atoms with Gasteiger partial charge in [-0.1, -0.05) is 34.1 Å². The first-order valence-electron chi connectivity index (χ1n) is 14.5. The summed E-state index contributed by atoms with van der Waals surface area (Å²) in [5, 5.41) is 43.6. The maximum absolute atomic E-state index is 13.3. The number of ether oxygens (including phenoxy) is 1. The zero-order valence-corrected chi connectivity index (χ0v) is 25.6. The summed E-state index contributed by atoms with van der Waals surface area (Å²) in [6, 6.07) is 0.0798. The van der Waals surface area contributed by atoms with Crippen molar-refractivity contribution >= 4 is 29.2 Å². The fourth-order valence-corrected chi connectivity index (χ4v) is 6.96. The summed E-state index contributed by atoms with van der Waals surface area (Å²) in [5.74, 6) is -1.68. The van der Waals surface area contributed by atoms with E-state index < -0.39 is 35.6 Å². The molecule has 1 aromatic heterocycles. The third-order valence-electron chi connectivity index (χ3n) is 9.19. The van der Waals surface area contributed by atoms with E-state index in [1.807, 2.05) is 25.3 Å². The molecule has 40 heavy (non-hydrogen) atoms. The van der Waals surface area contributed by atoms with Gasteiger partial charge >= 0.3 is 5.97 Å². The van der Waals surface area contributed by atoms with Crippen LogP contribution in [0.4, 0.5) is 0 Å². The molecule has 3 heterocycles. The molecule has 0 aliphatic carbocycles. The average molecular weight is 581 g/mol. The molecule has 0 amide bonds. The molecular formula is C30H48N2O7S. The van der Waals surface area contributed by atoms with Crippen LogP contribution in [0, 0.1) is 17.3 Å². The topological polar surface area (TPSA) is 140 Å². The van der Waals surface area contributed by atoms with E-state index in [0.717, 1.165) is 35.5 Å². The molecule has 2 aliphatic rings. The van der Waals surface area contributed by atoms with Gasteiger partial charge in [0.1, 0.15) is 11.9 Å². The van der Waals surface area contributed by atoms with Crippen molar-refractivity contribution in [2.45, 2.75) is 110 Å². The number of fused-ring (bicyclic) bond motifs is 1. The Morgan fingerprint density at radius 1 is 1.20 bits per heavy atom. The van der Waals surface area contributed by atoms with Gasteiger partial charge in [-0.25, -0.2) is 4.98 Å². The molecule has 2 fully saturated rings. The van der Waals surface area contributed by atoms with E-state index >= 15 is 0 Å². The minimum atomic E-state index is -1.27. The van der Waals surface area contributed by atoms with Crippen molar-refractivity contribution < 1.29 is 34.8 Å². The van der Waals surface area contributed by atoms with Crippen molar-refractivity contribution in [3.05, 3.63) is 21.7 Å². The van der Waals surface area contributed by atoms with E-state index in [-0.39, 0.29) is 42.9 Å². The number of cyclic esters (lactones) is 1. The number of hydrogen-bond donors (Lipinski definition) is 4. The van der Waals surface area contributed by atoms with Crippen LogP contribution in [0.25, 0.3) is 6.08 Å². The molecule has 3 rings (SSSR count). The fourth-order valence-electron chi connectivity index (χ4n) is 6.22. The van der Waals surface area contributed by atoms with E-state index in [1.54, 1.807) is 20.8 Å². The largest absolute Gasteiger partial charge is 0.458 e. The maximum Gasteiger partial charge on any atom is 0.309 e. The van der Waals surface area contributed by atoms with E-state index in [9.17, 15) is 30.0 Å². The molecule has 0 bridgehead atoms. The lowest BCUT2D eigenvalue weighted by Crippen LogP contribution is -2.45. The first-order chi connectivity index (χ1) is 18.8. The van der Waals surface area contributed by atoms with Gasteiger partial charge in [0.25, 0.3) is 0 Å². The highest BCUT2D eigenvalue weighted by atomic mass is 32.1. The zero-order chi connectivity index (χ0) is 29.8. The second-order valence-electron chi connectivity index (χ2n) is 12.5. The molecule has 226 valence electrons. The lowest BCUT2D eigenvalue weighted by atomic mass is 9.73. The Bertz CT molecular complexity index is 1060. The second-order valence-corrected chi connectivity index (χ2v) is 13.4. The molecule has 0 radical (unpaired) electrons. The number of aromatic nitrogens is 1. The molecule has 0 aromatic carbocycles. The Hall–Kier alpha value is -1.69. The number of thiazole rings is 1. The van der Waals surface area contributed by atoms with Crippen LogP contribution >= 0.6 is 11.3 Å². The van der Waals surface area contributed by atoms with Gasteiger partial charge in [-0.3, -0.25) is 14.5 Å². The Morgan fingerprint density at radius 3 is 2.55 bits per heavy atom. The monoisotopic (exact) mass is 580 g/mol. The van der Waals surface area contributed by atoms with Gasteiger partial charge < -0.3 is 25.2 Å². The van der Waals surface area contributed by atoms with Crippen LogP contribution in [0.5, 0.6) is 0 Å². The van der Waals surface area contributed by atoms with E-state index in [1.165, 1.54) is 11.3 Å². The molecule has 1 unspecified atom stereocenters. The minimum Gasteiger partial charge on any atom is -0.458 e. The Balaban J connectivity index is 1.92. The normalized spacial score (nSPS) is 36.1. The number of aliphatic hydroxyl groups is 4. The van der Waals surface area contributed by atoms with Crippen molar-refractivity contribution in [3.63, 3.8) is 0 Å². The summed E-state index contributed by atoms with van der Waals surface area (Å²) in [4.78, 5) is 33.3. The fraction of sp³-hybridized carbons (Fsp3) is 0.767. The third kappa shape index (κ3) is 7.38. The van der Waals surface area contributed by atoms with Crippen LogP contribution in [0.1, 0.15) is 84.3 Å². The smallest absolute Gasteiger partial charge is 0.309 e. The number of carbonyl (C=O) groups is 2. The van der Waals surface area contributed by atoms with Gasteiger partial charge in [-0.2, -0.15) is 0 Å². The summed E-state index contributed by atoms with van der Waals surface area (Å²) in [7, 11) is 0. The van der Waals surface area contributed by atoms with Crippen molar-refractivity contribution in [1.82, 2.24) is 9.88 Å². The highest BCUT2D eigenvalue weighted by Crippen LogP contribution is 2.48. The van der Waals surface area contributed by atoms with Gasteiger partial charge in [0.2, 0.25) is 0 Å². The molecule has 2 saturated heterocycles. The van der Waals surface area contributed by atoms with Crippen LogP contribution < -0.4 is 0 Å². The number of Topliss-reactive ketones (excluding diaryl/α,β-unsaturated/α-hetero) is 1. The van der Waals surface area contributed by atoms with E-state index in [2.05, 4.69) is 16.8 Å². The summed E-state index contributed by atoms with van der Waals surface area (Å²) in [5.41, 5.74) is 0.109. The highest BCUT2D eigenvalue weighted by Gasteiger charge is 2.58. The number of β-amino-alcohol motifs (C(OH)–C–C–N with tert-alkyl or cyclic N) is 1. The molecule has 1 aromatic rings. The predicted octanol–water partition coefficient (Wildman–Crippen LogP) is 2.98. The number of aliphatic hydroxyl groups excluding tert-OH is 4. The number of nitrogens with zero attached hydrogens (tertiary/aromatic N) is 2. The second kappa shape index (κ2) is 13.5. The summed E-state index contributed by atoms with van der Waals surface area (Å²) >= 11 is 1.46. The van der Waals surface area contributed by atoms with Crippen LogP contribution in [-0.2, 0) is 20.7 Å². The molecule has 10 heteroatoms. The maximum atomic E-state index is 13.3. The minimum absolute atomic E-state index is 0.0217. The standard InChI is InChI=1S/C30H48N2O7S/c1-18-8-7-10-30(6)23(32(30)11-13-34)15-22(19(2)14-21-17-40-25(31-21)9-12-33)39-26(36)16-24(35)29(4,5)28(38)20(3)27(18)37/h14,17-18,20,22-24,27,33-35,37H,7-13,15-16H2,1-6H3/b19-14+/t18-,20+,22-,23-,24-,27-,30+,32?/m0/s1. The van der Waals surface area contributed by atoms with Gasteiger partial charge in [0.05, 0.1) is 41.4 Å². The van der Waals surface area contributed by atoms with E-state index in [0.29, 0.717) is 19.4 Å². The Labute approximate surface area is 242 Å². The molecule has 0 saturated carbocycles. The first-order valence-corrected chi connectivity index (χ1v) is 15.3. The number of esters is 1. The number of ketones is 1. The Morgan fingerprint density at radius 2 is 1.90 bits per heavy atom. The molecule has 4 N–H and O–H groups in total.